The largest absolute Gasteiger partial charge is 0.508 e. The number of carboxylic acids is 1. The van der Waals surface area contributed by atoms with Crippen molar-refractivity contribution in [3.05, 3.63) is 120 Å². The number of carbonyl (C=O) groups excluding carboxylic acids is 1. The molecule has 6 heteroatoms. The first-order chi connectivity index (χ1) is 17.8. The molecule has 0 fully saturated rings. The quantitative estimate of drug-likeness (QED) is 0.292. The van der Waals surface area contributed by atoms with Crippen molar-refractivity contribution in [3.8, 4) is 16.9 Å². The van der Waals surface area contributed by atoms with Crippen molar-refractivity contribution in [2.24, 2.45) is 0 Å². The molecule has 0 aliphatic rings. The zero-order chi connectivity index (χ0) is 26.4. The highest BCUT2D eigenvalue weighted by Crippen LogP contribution is 2.26. The maximum Gasteiger partial charge on any atom is 0.328 e. The van der Waals surface area contributed by atoms with Crippen molar-refractivity contribution in [2.45, 2.75) is 6.54 Å². The number of aliphatic carboxylic acids is 1. The lowest BCUT2D eigenvalue weighted by Crippen LogP contribution is -2.30. The smallest absolute Gasteiger partial charge is 0.328 e. The maximum absolute atomic E-state index is 13.6. The van der Waals surface area contributed by atoms with Crippen LogP contribution in [-0.2, 0) is 11.3 Å². The third-order valence-electron chi connectivity index (χ3n) is 5.95. The number of anilines is 2. The van der Waals surface area contributed by atoms with E-state index in [0.29, 0.717) is 23.4 Å². The number of benzene rings is 4. The van der Waals surface area contributed by atoms with Crippen molar-refractivity contribution in [2.75, 3.05) is 23.9 Å². The summed E-state index contributed by atoms with van der Waals surface area (Å²) in [7, 11) is 4.01. The van der Waals surface area contributed by atoms with Gasteiger partial charge in [0.2, 0.25) is 0 Å². The fraction of sp³-hybridized carbons (Fsp3) is 0.0968. The van der Waals surface area contributed by atoms with E-state index in [-0.39, 0.29) is 11.7 Å². The molecule has 4 aromatic carbocycles. The fourth-order valence-electron chi connectivity index (χ4n) is 3.98. The Bertz CT molecular complexity index is 1420. The molecule has 0 aliphatic heterocycles. The third-order valence-corrected chi connectivity index (χ3v) is 5.95. The monoisotopic (exact) mass is 492 g/mol. The van der Waals surface area contributed by atoms with Crippen LogP contribution in [0.4, 0.5) is 11.4 Å². The van der Waals surface area contributed by atoms with Gasteiger partial charge in [0.1, 0.15) is 5.75 Å². The second kappa shape index (κ2) is 11.3. The van der Waals surface area contributed by atoms with Gasteiger partial charge in [0, 0.05) is 37.1 Å². The Balaban J connectivity index is 1.64. The molecule has 6 nitrogen and oxygen atoms in total. The van der Waals surface area contributed by atoms with Crippen LogP contribution in [-0.4, -0.2) is 36.2 Å². The van der Waals surface area contributed by atoms with Crippen LogP contribution in [0.5, 0.6) is 5.75 Å². The van der Waals surface area contributed by atoms with Gasteiger partial charge in [-0.2, -0.15) is 0 Å². The van der Waals surface area contributed by atoms with E-state index in [1.807, 2.05) is 38.4 Å². The molecule has 4 aromatic rings. The predicted octanol–water partition coefficient (Wildman–Crippen LogP) is 6.07. The summed E-state index contributed by atoms with van der Waals surface area (Å²) in [6.45, 7) is 0.292. The molecule has 0 heterocycles. The summed E-state index contributed by atoms with van der Waals surface area (Å²) in [5.74, 6) is -1.32. The minimum Gasteiger partial charge on any atom is -0.508 e. The standard InChI is InChI=1S/C31H28N2O4/c1-32(2)27-16-14-25(15-17-27)24-12-9-23(10-13-24)21-33(31(37)26-6-4-8-29(34)20-26)28-7-3-5-22(19-28)11-18-30(35)36/h3-20,34H,21H2,1-2H3,(H,35,36). The number of carboxylic acid groups (broad SMARTS) is 1. The van der Waals surface area contributed by atoms with Gasteiger partial charge in [-0.15, -0.1) is 0 Å². The Morgan fingerprint density at radius 1 is 0.784 bits per heavy atom. The fourth-order valence-corrected chi connectivity index (χ4v) is 3.98. The zero-order valence-electron chi connectivity index (χ0n) is 20.7. The minimum absolute atomic E-state index is 0.00794. The molecule has 37 heavy (non-hydrogen) atoms. The molecule has 0 radical (unpaired) electrons. The molecule has 0 bridgehead atoms. The van der Waals surface area contributed by atoms with Gasteiger partial charge in [0.25, 0.3) is 5.91 Å². The van der Waals surface area contributed by atoms with E-state index in [1.54, 1.807) is 41.3 Å². The van der Waals surface area contributed by atoms with Crippen LogP contribution in [0.1, 0.15) is 21.5 Å². The number of hydrogen-bond acceptors (Lipinski definition) is 4. The van der Waals surface area contributed by atoms with Gasteiger partial charge >= 0.3 is 5.97 Å². The number of nitrogens with zero attached hydrogens (tertiary/aromatic N) is 2. The Hall–Kier alpha value is -4.84. The Labute approximate surface area is 216 Å². The molecule has 0 aliphatic carbocycles. The summed E-state index contributed by atoms with van der Waals surface area (Å²) >= 11 is 0. The summed E-state index contributed by atoms with van der Waals surface area (Å²) in [5.41, 5.74) is 5.84. The number of amides is 1. The molecule has 1 amide bonds. The molecule has 0 unspecified atom stereocenters. The van der Waals surface area contributed by atoms with Gasteiger partial charge < -0.3 is 20.0 Å². The number of phenols is 1. The number of carbonyl (C=O) groups is 2. The first-order valence-electron chi connectivity index (χ1n) is 11.8. The second-order valence-electron chi connectivity index (χ2n) is 8.85. The third kappa shape index (κ3) is 6.44. The Kier molecular flexibility index (Phi) is 7.69. The molecule has 0 aromatic heterocycles. The van der Waals surface area contributed by atoms with E-state index in [9.17, 15) is 14.7 Å². The average molecular weight is 493 g/mol. The van der Waals surface area contributed by atoms with Gasteiger partial charge in [-0.1, -0.05) is 54.6 Å². The van der Waals surface area contributed by atoms with E-state index in [4.69, 9.17) is 5.11 Å². The summed E-state index contributed by atoms with van der Waals surface area (Å²) in [4.78, 5) is 28.2. The normalized spacial score (nSPS) is 10.9. The molecular formula is C31H28N2O4. The van der Waals surface area contributed by atoms with Crippen molar-refractivity contribution in [3.63, 3.8) is 0 Å². The molecule has 186 valence electrons. The Morgan fingerprint density at radius 3 is 2.05 bits per heavy atom. The molecule has 0 spiro atoms. The number of hydrogen-bond donors (Lipinski definition) is 2. The van der Waals surface area contributed by atoms with E-state index in [0.717, 1.165) is 28.5 Å². The van der Waals surface area contributed by atoms with Crippen molar-refractivity contribution in [1.29, 1.82) is 0 Å². The first-order valence-corrected chi connectivity index (χ1v) is 11.8. The molecule has 0 atom stereocenters. The van der Waals surface area contributed by atoms with Crippen molar-refractivity contribution < 1.29 is 19.8 Å². The van der Waals surface area contributed by atoms with Gasteiger partial charge in [-0.25, -0.2) is 4.79 Å². The summed E-state index contributed by atoms with van der Waals surface area (Å²) in [5, 5.41) is 18.9. The van der Waals surface area contributed by atoms with E-state index in [1.165, 1.54) is 18.2 Å². The lowest BCUT2D eigenvalue weighted by atomic mass is 10.0. The molecule has 2 N–H and O–H groups in total. The van der Waals surface area contributed by atoms with E-state index < -0.39 is 5.97 Å². The highest BCUT2D eigenvalue weighted by molar-refractivity contribution is 6.06. The van der Waals surface area contributed by atoms with Crippen LogP contribution in [0.2, 0.25) is 0 Å². The van der Waals surface area contributed by atoms with Crippen LogP contribution in [0.15, 0.2) is 103 Å². The molecular weight excluding hydrogens is 464 g/mol. The van der Waals surface area contributed by atoms with Gasteiger partial charge in [-0.3, -0.25) is 4.79 Å². The zero-order valence-corrected chi connectivity index (χ0v) is 20.7. The van der Waals surface area contributed by atoms with Crippen LogP contribution < -0.4 is 9.80 Å². The maximum atomic E-state index is 13.6. The van der Waals surface area contributed by atoms with Gasteiger partial charge in [0.05, 0.1) is 6.54 Å². The van der Waals surface area contributed by atoms with Crippen LogP contribution in [0, 0.1) is 0 Å². The average Bonchev–Trinajstić information content (AvgIpc) is 2.91. The SMILES string of the molecule is CN(C)c1ccc(-c2ccc(CN(C(=O)c3cccc(O)c3)c3cccc(C=CC(=O)O)c3)cc2)cc1. The van der Waals surface area contributed by atoms with Crippen molar-refractivity contribution >= 4 is 29.3 Å². The van der Waals surface area contributed by atoms with Crippen molar-refractivity contribution in [1.82, 2.24) is 0 Å². The van der Waals surface area contributed by atoms with Crippen LogP contribution in [0.3, 0.4) is 0 Å². The minimum atomic E-state index is -1.05. The van der Waals surface area contributed by atoms with Gasteiger partial charge in [-0.05, 0) is 70.8 Å². The number of rotatable bonds is 8. The molecule has 0 saturated heterocycles. The van der Waals surface area contributed by atoms with Gasteiger partial charge in [0.15, 0.2) is 0 Å². The topological polar surface area (TPSA) is 81.1 Å². The number of aromatic hydroxyl groups is 1. The second-order valence-corrected chi connectivity index (χ2v) is 8.85. The first kappa shape index (κ1) is 25.3. The Morgan fingerprint density at radius 2 is 1.43 bits per heavy atom. The summed E-state index contributed by atoms with van der Waals surface area (Å²) in [6.07, 6.45) is 2.55. The summed E-state index contributed by atoms with van der Waals surface area (Å²) < 4.78 is 0. The number of phenolic OH excluding ortho intramolecular Hbond substituents is 1. The van der Waals surface area contributed by atoms with Crippen LogP contribution >= 0.6 is 0 Å². The highest BCUT2D eigenvalue weighted by Gasteiger charge is 2.19. The van der Waals surface area contributed by atoms with E-state index >= 15 is 0 Å². The van der Waals surface area contributed by atoms with E-state index in [2.05, 4.69) is 29.2 Å². The highest BCUT2D eigenvalue weighted by atomic mass is 16.4. The lowest BCUT2D eigenvalue weighted by molar-refractivity contribution is -0.131. The molecule has 0 saturated carbocycles. The molecule has 4 rings (SSSR count). The van der Waals surface area contributed by atoms with Crippen LogP contribution in [0.25, 0.3) is 17.2 Å². The summed E-state index contributed by atoms with van der Waals surface area (Å²) in [6, 6.07) is 29.7. The lowest BCUT2D eigenvalue weighted by Gasteiger charge is -2.24. The predicted molar refractivity (Wildman–Crippen MR) is 148 cm³/mol.